The number of amides is 3. The molecule has 0 radical (unpaired) electrons. The fourth-order valence-electron chi connectivity index (χ4n) is 3.64. The summed E-state index contributed by atoms with van der Waals surface area (Å²) in [7, 11) is 1.47. The van der Waals surface area contributed by atoms with E-state index in [9.17, 15) is 23.2 Å². The lowest BCUT2D eigenvalue weighted by atomic mass is 10.1. The number of ether oxygens (including phenoxy) is 1. The number of hydrogen-bond donors (Lipinski definition) is 2. The van der Waals surface area contributed by atoms with Crippen LogP contribution in [0, 0.1) is 6.92 Å². The number of pyridine rings is 2. The standard InChI is InChI=1S/C23H27F2N5O4/c1-12-8-15(9-28-21(12)34-11-23(4,24)25)14(3)30-10-17-16(22(30)33)6-7-27-18(17)20(32)29-13(2)19(31)26-5/h6-9,13-14H,10-11H2,1-5H3,(H,26,31)(H,29,32). The molecule has 0 bridgehead atoms. The summed E-state index contributed by atoms with van der Waals surface area (Å²) in [5.74, 6) is -4.07. The van der Waals surface area contributed by atoms with Gasteiger partial charge in [0.25, 0.3) is 17.7 Å². The zero-order chi connectivity index (χ0) is 25.2. The van der Waals surface area contributed by atoms with E-state index in [1.54, 1.807) is 30.9 Å². The van der Waals surface area contributed by atoms with Gasteiger partial charge in [0.2, 0.25) is 11.8 Å². The molecule has 182 valence electrons. The summed E-state index contributed by atoms with van der Waals surface area (Å²) in [6, 6.07) is 2.08. The quantitative estimate of drug-likeness (QED) is 0.606. The normalized spacial score (nSPS) is 14.9. The molecule has 2 N–H and O–H groups in total. The Balaban J connectivity index is 1.79. The fraction of sp³-hybridized carbons (Fsp3) is 0.435. The van der Waals surface area contributed by atoms with E-state index in [0.717, 1.165) is 6.92 Å². The number of halogens is 2. The number of alkyl halides is 2. The first kappa shape index (κ1) is 25.0. The highest BCUT2D eigenvalue weighted by Gasteiger charge is 2.35. The van der Waals surface area contributed by atoms with E-state index in [4.69, 9.17) is 4.74 Å². The first-order chi connectivity index (χ1) is 15.9. The van der Waals surface area contributed by atoms with Crippen molar-refractivity contribution >= 4 is 17.7 Å². The molecule has 0 saturated carbocycles. The van der Waals surface area contributed by atoms with E-state index < -0.39 is 30.5 Å². The Morgan fingerprint density at radius 2 is 2.00 bits per heavy atom. The highest BCUT2D eigenvalue weighted by atomic mass is 19.3. The van der Waals surface area contributed by atoms with Crippen molar-refractivity contribution in [2.45, 2.75) is 52.2 Å². The van der Waals surface area contributed by atoms with Gasteiger partial charge in [-0.05, 0) is 38.5 Å². The fourth-order valence-corrected chi connectivity index (χ4v) is 3.64. The topological polar surface area (TPSA) is 114 Å². The molecule has 2 aromatic heterocycles. The number of nitrogens with one attached hydrogen (secondary N) is 2. The van der Waals surface area contributed by atoms with Crippen LogP contribution in [0.5, 0.6) is 5.88 Å². The molecule has 11 heteroatoms. The Morgan fingerprint density at radius 1 is 1.29 bits per heavy atom. The average Bonchev–Trinajstić information content (AvgIpc) is 3.12. The number of hydrogen-bond acceptors (Lipinski definition) is 6. The number of aromatic nitrogens is 2. The zero-order valence-electron chi connectivity index (χ0n) is 19.6. The largest absolute Gasteiger partial charge is 0.471 e. The summed E-state index contributed by atoms with van der Waals surface area (Å²) in [6.07, 6.45) is 2.86. The van der Waals surface area contributed by atoms with Gasteiger partial charge in [-0.25, -0.2) is 13.8 Å². The van der Waals surface area contributed by atoms with Gasteiger partial charge < -0.3 is 20.3 Å². The van der Waals surface area contributed by atoms with Gasteiger partial charge in [0.1, 0.15) is 11.7 Å². The molecular weight excluding hydrogens is 448 g/mol. The Labute approximate surface area is 195 Å². The molecule has 1 aliphatic rings. The van der Waals surface area contributed by atoms with Crippen molar-refractivity contribution in [3.63, 3.8) is 0 Å². The van der Waals surface area contributed by atoms with E-state index in [-0.39, 0.29) is 29.9 Å². The van der Waals surface area contributed by atoms with E-state index >= 15 is 0 Å². The minimum Gasteiger partial charge on any atom is -0.471 e. The van der Waals surface area contributed by atoms with Crippen LogP contribution in [0.15, 0.2) is 24.5 Å². The van der Waals surface area contributed by atoms with Gasteiger partial charge in [0.05, 0.1) is 6.04 Å². The number of fused-ring (bicyclic) bond motifs is 1. The van der Waals surface area contributed by atoms with E-state index in [0.29, 0.717) is 22.3 Å². The molecule has 0 aliphatic carbocycles. The highest BCUT2D eigenvalue weighted by Crippen LogP contribution is 2.33. The second kappa shape index (κ2) is 9.70. The summed E-state index contributed by atoms with van der Waals surface area (Å²) in [4.78, 5) is 47.4. The maximum absolute atomic E-state index is 13.1. The predicted octanol–water partition coefficient (Wildman–Crippen LogP) is 2.40. The lowest BCUT2D eigenvalue weighted by molar-refractivity contribution is -0.122. The first-order valence-electron chi connectivity index (χ1n) is 10.7. The smallest absolute Gasteiger partial charge is 0.278 e. The van der Waals surface area contributed by atoms with Gasteiger partial charge in [0.15, 0.2) is 6.61 Å². The van der Waals surface area contributed by atoms with Crippen LogP contribution in [-0.2, 0) is 11.3 Å². The summed E-state index contributed by atoms with van der Waals surface area (Å²) in [5.41, 5.74) is 2.14. The minimum absolute atomic E-state index is 0.0786. The molecule has 3 amide bonds. The van der Waals surface area contributed by atoms with Crippen molar-refractivity contribution in [3.8, 4) is 5.88 Å². The zero-order valence-corrected chi connectivity index (χ0v) is 19.6. The number of rotatable bonds is 8. The molecule has 3 heterocycles. The summed E-state index contributed by atoms with van der Waals surface area (Å²) >= 11 is 0. The molecule has 1 aliphatic heterocycles. The van der Waals surface area contributed by atoms with E-state index in [2.05, 4.69) is 20.6 Å². The third kappa shape index (κ3) is 5.29. The van der Waals surface area contributed by atoms with Crippen LogP contribution < -0.4 is 15.4 Å². The monoisotopic (exact) mass is 475 g/mol. The molecule has 0 fully saturated rings. The number of carbonyl (C=O) groups excluding carboxylic acids is 3. The molecule has 2 aromatic rings. The second-order valence-electron chi connectivity index (χ2n) is 8.35. The Kier molecular flexibility index (Phi) is 7.13. The van der Waals surface area contributed by atoms with Crippen molar-refractivity contribution in [3.05, 3.63) is 52.5 Å². The molecule has 3 rings (SSSR count). The van der Waals surface area contributed by atoms with Crippen molar-refractivity contribution in [2.75, 3.05) is 13.7 Å². The maximum atomic E-state index is 13.1. The van der Waals surface area contributed by atoms with Gasteiger partial charge in [0, 0.05) is 49.6 Å². The van der Waals surface area contributed by atoms with Crippen molar-refractivity contribution < 1.29 is 27.9 Å². The van der Waals surface area contributed by atoms with E-state index in [1.165, 1.54) is 19.4 Å². The molecule has 34 heavy (non-hydrogen) atoms. The van der Waals surface area contributed by atoms with Gasteiger partial charge in [-0.15, -0.1) is 0 Å². The molecule has 2 unspecified atom stereocenters. The average molecular weight is 475 g/mol. The third-order valence-corrected chi connectivity index (χ3v) is 5.54. The van der Waals surface area contributed by atoms with Crippen molar-refractivity contribution in [1.82, 2.24) is 25.5 Å². The first-order valence-corrected chi connectivity index (χ1v) is 10.7. The lowest BCUT2D eigenvalue weighted by Crippen LogP contribution is -2.44. The second-order valence-corrected chi connectivity index (χ2v) is 8.35. The number of nitrogens with zero attached hydrogens (tertiary/aromatic N) is 3. The van der Waals surface area contributed by atoms with E-state index in [1.807, 2.05) is 6.92 Å². The van der Waals surface area contributed by atoms with Crippen LogP contribution >= 0.6 is 0 Å². The number of aryl methyl sites for hydroxylation is 1. The lowest BCUT2D eigenvalue weighted by Gasteiger charge is -2.25. The van der Waals surface area contributed by atoms with Crippen LogP contribution in [0.25, 0.3) is 0 Å². The van der Waals surface area contributed by atoms with Gasteiger partial charge in [-0.1, -0.05) is 0 Å². The highest BCUT2D eigenvalue weighted by molar-refractivity contribution is 6.04. The molecule has 0 saturated heterocycles. The summed E-state index contributed by atoms with van der Waals surface area (Å²) in [5, 5.41) is 5.04. The summed E-state index contributed by atoms with van der Waals surface area (Å²) in [6.45, 7) is 5.15. The molecule has 2 atom stereocenters. The molecular formula is C23H27F2N5O4. The predicted molar refractivity (Wildman–Crippen MR) is 119 cm³/mol. The minimum atomic E-state index is -2.98. The van der Waals surface area contributed by atoms with Gasteiger partial charge >= 0.3 is 0 Å². The van der Waals surface area contributed by atoms with Crippen LogP contribution in [0.4, 0.5) is 8.78 Å². The molecule has 0 spiro atoms. The van der Waals surface area contributed by atoms with Crippen molar-refractivity contribution in [1.29, 1.82) is 0 Å². The summed E-state index contributed by atoms with van der Waals surface area (Å²) < 4.78 is 31.3. The van der Waals surface area contributed by atoms with Gasteiger partial charge in [-0.3, -0.25) is 19.4 Å². The van der Waals surface area contributed by atoms with Crippen LogP contribution in [0.2, 0.25) is 0 Å². The Morgan fingerprint density at radius 3 is 2.62 bits per heavy atom. The van der Waals surface area contributed by atoms with Crippen LogP contribution in [0.1, 0.15) is 64.3 Å². The molecule has 0 aromatic carbocycles. The number of carbonyl (C=O) groups is 3. The Bertz CT molecular complexity index is 1120. The SMILES string of the molecule is CNC(=O)C(C)NC(=O)c1nccc2c1CN(C(C)c1cnc(OCC(C)(F)F)c(C)c1)C2=O. The maximum Gasteiger partial charge on any atom is 0.278 e. The number of likely N-dealkylation sites (N-methyl/N-ethyl adjacent to an activating group) is 1. The van der Waals surface area contributed by atoms with Crippen LogP contribution in [-0.4, -0.2) is 58.2 Å². The van der Waals surface area contributed by atoms with Gasteiger partial charge in [-0.2, -0.15) is 0 Å². The van der Waals surface area contributed by atoms with Crippen LogP contribution in [0.3, 0.4) is 0 Å². The molecule has 9 nitrogen and oxygen atoms in total. The third-order valence-electron chi connectivity index (χ3n) is 5.54. The van der Waals surface area contributed by atoms with Crippen molar-refractivity contribution in [2.24, 2.45) is 0 Å². The Hall–Kier alpha value is -3.63.